The lowest BCUT2D eigenvalue weighted by Gasteiger charge is -1.94. The zero-order valence-corrected chi connectivity index (χ0v) is 5.26. The van der Waals surface area contributed by atoms with Crippen molar-refractivity contribution in [3.05, 3.63) is 12.4 Å². The quantitative estimate of drug-likeness (QED) is 0.543. The Morgan fingerprint density at radius 3 is 2.89 bits per heavy atom. The van der Waals surface area contributed by atoms with Gasteiger partial charge in [0.25, 0.3) is 0 Å². The second-order valence-corrected chi connectivity index (χ2v) is 1.37. The number of halogens is 1. The molecular weight excluding hydrogens is 123 g/mol. The van der Waals surface area contributed by atoms with Crippen LogP contribution in [0.4, 0.5) is 4.39 Å². The van der Waals surface area contributed by atoms with Gasteiger partial charge in [-0.2, -0.15) is 0 Å². The molecule has 0 spiro atoms. The third-order valence-corrected chi connectivity index (χ3v) is 0.679. The molecule has 0 atom stereocenters. The Morgan fingerprint density at radius 2 is 2.44 bits per heavy atom. The highest BCUT2D eigenvalue weighted by Crippen LogP contribution is 1.87. The lowest BCUT2D eigenvalue weighted by molar-refractivity contribution is -0.142. The lowest BCUT2D eigenvalue weighted by atomic mass is 10.4. The van der Waals surface area contributed by atoms with Crippen LogP contribution in [0.3, 0.4) is 0 Å². The summed E-state index contributed by atoms with van der Waals surface area (Å²) >= 11 is 0. The van der Waals surface area contributed by atoms with Crippen molar-refractivity contribution in [2.24, 2.45) is 0 Å². The van der Waals surface area contributed by atoms with E-state index in [0.29, 0.717) is 12.9 Å². The molecule has 0 aliphatic carbocycles. The molecule has 0 aromatic heterocycles. The van der Waals surface area contributed by atoms with Gasteiger partial charge in [-0.05, 0) is 13.0 Å². The number of rotatable bonds is 3. The molecule has 52 valence electrons. The van der Waals surface area contributed by atoms with Crippen molar-refractivity contribution < 1.29 is 13.9 Å². The minimum absolute atomic E-state index is 0.0182. The maximum absolute atomic E-state index is 11.2. The van der Waals surface area contributed by atoms with E-state index < -0.39 is 5.97 Å². The van der Waals surface area contributed by atoms with Crippen LogP contribution in [-0.4, -0.2) is 12.6 Å². The van der Waals surface area contributed by atoms with Gasteiger partial charge < -0.3 is 4.74 Å². The molecule has 0 aromatic carbocycles. The Hall–Kier alpha value is -0.860. The van der Waals surface area contributed by atoms with E-state index in [-0.39, 0.29) is 6.42 Å². The topological polar surface area (TPSA) is 26.3 Å². The molecule has 0 saturated carbocycles. The van der Waals surface area contributed by atoms with Crippen molar-refractivity contribution in [2.75, 3.05) is 6.61 Å². The summed E-state index contributed by atoms with van der Waals surface area (Å²) in [5, 5.41) is 0. The first-order chi connectivity index (χ1) is 4.31. The predicted octanol–water partition coefficient (Wildman–Crippen LogP) is 1.42. The minimum atomic E-state index is -0.397. The third-order valence-electron chi connectivity index (χ3n) is 0.679. The summed E-state index contributed by atoms with van der Waals surface area (Å²) in [7, 11) is 0. The van der Waals surface area contributed by atoms with Crippen molar-refractivity contribution in [2.45, 2.75) is 13.3 Å². The lowest BCUT2D eigenvalue weighted by Crippen LogP contribution is -2.01. The summed E-state index contributed by atoms with van der Waals surface area (Å²) in [6, 6.07) is 0. The summed E-state index contributed by atoms with van der Waals surface area (Å²) in [6.07, 6.45) is 1.46. The fourth-order valence-corrected chi connectivity index (χ4v) is 0.361. The van der Waals surface area contributed by atoms with Crippen molar-refractivity contribution in [3.63, 3.8) is 0 Å². The standard InChI is InChI=1S/C6H9FO2/c1-2-9-6(8)4-3-5-7/h3,5H,2,4H2,1H3/b5-3+. The fraction of sp³-hybridized carbons (Fsp3) is 0.500. The zero-order valence-electron chi connectivity index (χ0n) is 5.26. The molecule has 0 heterocycles. The summed E-state index contributed by atoms with van der Waals surface area (Å²) < 4.78 is 15.7. The second-order valence-electron chi connectivity index (χ2n) is 1.37. The first-order valence-electron chi connectivity index (χ1n) is 2.72. The van der Waals surface area contributed by atoms with Crippen LogP contribution in [0.15, 0.2) is 12.4 Å². The van der Waals surface area contributed by atoms with E-state index in [4.69, 9.17) is 0 Å². The van der Waals surface area contributed by atoms with E-state index in [9.17, 15) is 9.18 Å². The largest absolute Gasteiger partial charge is 0.466 e. The van der Waals surface area contributed by atoms with Gasteiger partial charge >= 0.3 is 5.97 Å². The van der Waals surface area contributed by atoms with Gasteiger partial charge in [0.15, 0.2) is 0 Å². The molecule has 0 unspecified atom stereocenters. The normalized spacial score (nSPS) is 10.0. The maximum atomic E-state index is 11.2. The second kappa shape index (κ2) is 5.28. The molecule has 3 heteroatoms. The third kappa shape index (κ3) is 5.00. The Labute approximate surface area is 53.3 Å². The molecule has 0 radical (unpaired) electrons. The molecule has 9 heavy (non-hydrogen) atoms. The van der Waals surface area contributed by atoms with Gasteiger partial charge in [0.05, 0.1) is 19.4 Å². The van der Waals surface area contributed by atoms with Crippen molar-refractivity contribution in [1.29, 1.82) is 0 Å². The molecule has 0 fully saturated rings. The van der Waals surface area contributed by atoms with E-state index in [1.807, 2.05) is 0 Å². The molecule has 2 nitrogen and oxygen atoms in total. The van der Waals surface area contributed by atoms with Crippen LogP contribution in [0.1, 0.15) is 13.3 Å². The first kappa shape index (κ1) is 8.14. The number of esters is 1. The van der Waals surface area contributed by atoms with Crippen LogP contribution in [0.25, 0.3) is 0 Å². The molecular formula is C6H9FO2. The van der Waals surface area contributed by atoms with Crippen LogP contribution >= 0.6 is 0 Å². The van der Waals surface area contributed by atoms with Gasteiger partial charge in [-0.3, -0.25) is 4.79 Å². The fourth-order valence-electron chi connectivity index (χ4n) is 0.361. The zero-order chi connectivity index (χ0) is 7.11. The molecule has 0 saturated heterocycles. The molecule has 0 bridgehead atoms. The van der Waals surface area contributed by atoms with Crippen molar-refractivity contribution >= 4 is 5.97 Å². The minimum Gasteiger partial charge on any atom is -0.466 e. The number of hydrogen-bond donors (Lipinski definition) is 0. The van der Waals surface area contributed by atoms with Gasteiger partial charge in [-0.1, -0.05) is 0 Å². The molecule has 0 aliphatic heterocycles. The van der Waals surface area contributed by atoms with E-state index >= 15 is 0 Å². The first-order valence-corrected chi connectivity index (χ1v) is 2.72. The Balaban J connectivity index is 3.27. The van der Waals surface area contributed by atoms with E-state index in [1.54, 1.807) is 6.92 Å². The molecule has 0 aliphatic rings. The van der Waals surface area contributed by atoms with Crippen LogP contribution in [0.5, 0.6) is 0 Å². The van der Waals surface area contributed by atoms with E-state index in [1.165, 1.54) is 0 Å². The smallest absolute Gasteiger partial charge is 0.309 e. The van der Waals surface area contributed by atoms with E-state index in [0.717, 1.165) is 6.08 Å². The maximum Gasteiger partial charge on any atom is 0.309 e. The van der Waals surface area contributed by atoms with Crippen molar-refractivity contribution in [1.82, 2.24) is 0 Å². The Morgan fingerprint density at radius 1 is 1.78 bits per heavy atom. The number of ether oxygens (including phenoxy) is 1. The number of carbonyl (C=O) groups is 1. The van der Waals surface area contributed by atoms with Crippen molar-refractivity contribution in [3.8, 4) is 0 Å². The average Bonchev–Trinajstić information content (AvgIpc) is 1.85. The Bertz CT molecular complexity index is 110. The number of carbonyl (C=O) groups excluding carboxylic acids is 1. The highest BCUT2D eigenvalue weighted by atomic mass is 19.1. The van der Waals surface area contributed by atoms with Gasteiger partial charge in [0.1, 0.15) is 0 Å². The average molecular weight is 132 g/mol. The number of hydrogen-bond acceptors (Lipinski definition) is 2. The molecule has 0 N–H and O–H groups in total. The summed E-state index contributed by atoms with van der Waals surface area (Å²) in [6.45, 7) is 2.05. The van der Waals surface area contributed by atoms with Crippen LogP contribution in [0.2, 0.25) is 0 Å². The van der Waals surface area contributed by atoms with Gasteiger partial charge in [0, 0.05) is 0 Å². The summed E-state index contributed by atoms with van der Waals surface area (Å²) in [5.41, 5.74) is 0. The highest BCUT2D eigenvalue weighted by molar-refractivity contribution is 5.70. The predicted molar refractivity (Wildman–Crippen MR) is 31.5 cm³/mol. The SMILES string of the molecule is CCOC(=O)C/C=C/F. The van der Waals surface area contributed by atoms with Crippen LogP contribution in [-0.2, 0) is 9.53 Å². The monoisotopic (exact) mass is 132 g/mol. The van der Waals surface area contributed by atoms with Crippen LogP contribution in [0, 0.1) is 0 Å². The van der Waals surface area contributed by atoms with Gasteiger partial charge in [-0.15, -0.1) is 0 Å². The summed E-state index contributed by atoms with van der Waals surface area (Å²) in [5.74, 6) is -0.397. The highest BCUT2D eigenvalue weighted by Gasteiger charge is 1.94. The summed E-state index contributed by atoms with van der Waals surface area (Å²) in [4.78, 5) is 10.4. The van der Waals surface area contributed by atoms with Gasteiger partial charge in [0.2, 0.25) is 0 Å². The van der Waals surface area contributed by atoms with E-state index in [2.05, 4.69) is 4.74 Å². The molecule has 0 aromatic rings. The molecule has 0 amide bonds. The Kier molecular flexibility index (Phi) is 4.78. The van der Waals surface area contributed by atoms with Gasteiger partial charge in [-0.25, -0.2) is 4.39 Å². The molecule has 0 rings (SSSR count). The van der Waals surface area contributed by atoms with Crippen LogP contribution < -0.4 is 0 Å².